The van der Waals surface area contributed by atoms with Gasteiger partial charge in [0.1, 0.15) is 0 Å². The number of amides is 2. The van der Waals surface area contributed by atoms with Gasteiger partial charge in [-0.05, 0) is 57.7 Å². The molecule has 0 atom stereocenters. The first kappa shape index (κ1) is 21.9. The lowest BCUT2D eigenvalue weighted by molar-refractivity contribution is -0.133. The van der Waals surface area contributed by atoms with E-state index in [-0.39, 0.29) is 35.7 Å². The normalized spacial score (nSPS) is 12.5. The van der Waals surface area contributed by atoms with E-state index >= 15 is 0 Å². The number of carbonyl (C=O) groups is 2. The van der Waals surface area contributed by atoms with Crippen molar-refractivity contribution in [3.63, 3.8) is 0 Å². The van der Waals surface area contributed by atoms with Gasteiger partial charge in [0.05, 0.1) is 6.42 Å². The number of nitrogens with one attached hydrogen (secondary N) is 1. The Bertz CT molecular complexity index is 645. The molecule has 144 valence electrons. The molecule has 2 amide bonds. The summed E-state index contributed by atoms with van der Waals surface area (Å²) in [4.78, 5) is 26.5. The van der Waals surface area contributed by atoms with Crippen LogP contribution in [0.25, 0.3) is 0 Å². The van der Waals surface area contributed by atoms with Crippen LogP contribution in [0.1, 0.15) is 77.7 Å². The van der Waals surface area contributed by atoms with E-state index in [1.807, 2.05) is 44.7 Å². The second-order valence-electron chi connectivity index (χ2n) is 8.28. The SMILES string of the molecule is C/C(CC(=O)N(C(C)C)C(C)C)=N\NC(=O)c1ccc(C(C)(C)C)cc1. The quantitative estimate of drug-likeness (QED) is 0.613. The molecule has 1 N–H and O–H groups in total. The Morgan fingerprint density at radius 1 is 1.04 bits per heavy atom. The van der Waals surface area contributed by atoms with Crippen LogP contribution in [-0.4, -0.2) is 34.5 Å². The molecule has 0 saturated heterocycles. The summed E-state index contributed by atoms with van der Waals surface area (Å²) in [7, 11) is 0. The third kappa shape index (κ3) is 6.28. The highest BCUT2D eigenvalue weighted by Crippen LogP contribution is 2.22. The number of hydrazone groups is 1. The smallest absolute Gasteiger partial charge is 0.271 e. The first-order valence-corrected chi connectivity index (χ1v) is 9.18. The predicted octanol–water partition coefficient (Wildman–Crippen LogP) is 4.13. The van der Waals surface area contributed by atoms with Crippen LogP contribution in [0.5, 0.6) is 0 Å². The summed E-state index contributed by atoms with van der Waals surface area (Å²) in [6, 6.07) is 7.77. The molecule has 0 aromatic heterocycles. The molecule has 0 radical (unpaired) electrons. The first-order valence-electron chi connectivity index (χ1n) is 9.18. The van der Waals surface area contributed by atoms with E-state index in [0.29, 0.717) is 11.3 Å². The molecule has 0 aliphatic rings. The highest BCUT2D eigenvalue weighted by atomic mass is 16.2. The monoisotopic (exact) mass is 359 g/mol. The molecule has 0 aliphatic heterocycles. The molecule has 0 heterocycles. The zero-order chi connectivity index (χ0) is 20.1. The summed E-state index contributed by atoms with van der Waals surface area (Å²) in [6.45, 7) is 16.1. The van der Waals surface area contributed by atoms with E-state index in [9.17, 15) is 9.59 Å². The average molecular weight is 360 g/mol. The van der Waals surface area contributed by atoms with Gasteiger partial charge in [0, 0.05) is 23.4 Å². The van der Waals surface area contributed by atoms with Gasteiger partial charge in [-0.3, -0.25) is 9.59 Å². The zero-order valence-electron chi connectivity index (χ0n) is 17.4. The summed E-state index contributed by atoms with van der Waals surface area (Å²) in [5.41, 5.74) is 4.88. The molecule has 0 fully saturated rings. The van der Waals surface area contributed by atoms with Crippen molar-refractivity contribution in [3.8, 4) is 0 Å². The van der Waals surface area contributed by atoms with Crippen molar-refractivity contribution in [2.75, 3.05) is 0 Å². The second-order valence-corrected chi connectivity index (χ2v) is 8.28. The van der Waals surface area contributed by atoms with Crippen molar-refractivity contribution >= 4 is 17.5 Å². The fourth-order valence-electron chi connectivity index (χ4n) is 2.85. The molecule has 0 spiro atoms. The summed E-state index contributed by atoms with van der Waals surface area (Å²) in [5.74, 6) is -0.262. The van der Waals surface area contributed by atoms with Gasteiger partial charge in [-0.1, -0.05) is 32.9 Å². The first-order chi connectivity index (χ1) is 11.9. The Kier molecular flexibility index (Phi) is 7.54. The summed E-state index contributed by atoms with van der Waals surface area (Å²) < 4.78 is 0. The van der Waals surface area contributed by atoms with E-state index in [1.54, 1.807) is 19.1 Å². The molecule has 0 unspecified atom stereocenters. The highest BCUT2D eigenvalue weighted by molar-refractivity contribution is 6.01. The van der Waals surface area contributed by atoms with Crippen LogP contribution in [0.15, 0.2) is 29.4 Å². The Labute approximate surface area is 157 Å². The number of nitrogens with zero attached hydrogens (tertiary/aromatic N) is 2. The maximum absolute atomic E-state index is 12.4. The van der Waals surface area contributed by atoms with Gasteiger partial charge in [-0.25, -0.2) is 5.43 Å². The van der Waals surface area contributed by atoms with Crippen molar-refractivity contribution in [2.45, 2.75) is 79.3 Å². The molecule has 5 heteroatoms. The molecule has 1 aromatic rings. The van der Waals surface area contributed by atoms with Gasteiger partial charge < -0.3 is 4.90 Å². The molecule has 1 rings (SSSR count). The van der Waals surface area contributed by atoms with Crippen molar-refractivity contribution in [3.05, 3.63) is 35.4 Å². The molecular weight excluding hydrogens is 326 g/mol. The summed E-state index contributed by atoms with van der Waals surface area (Å²) >= 11 is 0. The lowest BCUT2D eigenvalue weighted by atomic mass is 9.87. The minimum atomic E-state index is -0.276. The second kappa shape index (κ2) is 8.97. The van der Waals surface area contributed by atoms with Crippen LogP contribution in [0.3, 0.4) is 0 Å². The van der Waals surface area contributed by atoms with Crippen LogP contribution < -0.4 is 5.43 Å². The topological polar surface area (TPSA) is 61.8 Å². The van der Waals surface area contributed by atoms with Crippen LogP contribution in [0, 0.1) is 0 Å². The predicted molar refractivity (Wildman–Crippen MR) is 107 cm³/mol. The maximum Gasteiger partial charge on any atom is 0.271 e. The maximum atomic E-state index is 12.4. The van der Waals surface area contributed by atoms with Crippen molar-refractivity contribution < 1.29 is 9.59 Å². The average Bonchev–Trinajstić information content (AvgIpc) is 2.51. The fourth-order valence-corrected chi connectivity index (χ4v) is 2.85. The minimum Gasteiger partial charge on any atom is -0.338 e. The largest absolute Gasteiger partial charge is 0.338 e. The molecule has 5 nitrogen and oxygen atoms in total. The van der Waals surface area contributed by atoms with Crippen LogP contribution in [0.4, 0.5) is 0 Å². The Balaban J connectivity index is 2.71. The van der Waals surface area contributed by atoms with Crippen molar-refractivity contribution in [1.82, 2.24) is 10.3 Å². The van der Waals surface area contributed by atoms with Crippen LogP contribution in [-0.2, 0) is 10.2 Å². The van der Waals surface area contributed by atoms with E-state index in [1.165, 1.54) is 5.56 Å². The van der Waals surface area contributed by atoms with E-state index in [0.717, 1.165) is 0 Å². The number of carbonyl (C=O) groups excluding carboxylic acids is 2. The van der Waals surface area contributed by atoms with Crippen molar-refractivity contribution in [1.29, 1.82) is 0 Å². The lowest BCUT2D eigenvalue weighted by Crippen LogP contribution is -2.42. The highest BCUT2D eigenvalue weighted by Gasteiger charge is 2.20. The number of hydrogen-bond acceptors (Lipinski definition) is 3. The van der Waals surface area contributed by atoms with E-state index in [4.69, 9.17) is 0 Å². The summed E-state index contributed by atoms with van der Waals surface area (Å²) in [6.07, 6.45) is 0.194. The van der Waals surface area contributed by atoms with Gasteiger partial charge in [-0.15, -0.1) is 0 Å². The van der Waals surface area contributed by atoms with Gasteiger partial charge in [-0.2, -0.15) is 5.10 Å². The Morgan fingerprint density at radius 2 is 1.54 bits per heavy atom. The Morgan fingerprint density at radius 3 is 1.96 bits per heavy atom. The molecule has 1 aromatic carbocycles. The lowest BCUT2D eigenvalue weighted by Gasteiger charge is -2.30. The fraction of sp³-hybridized carbons (Fsp3) is 0.571. The third-order valence-electron chi connectivity index (χ3n) is 4.17. The molecule has 0 bridgehead atoms. The van der Waals surface area contributed by atoms with Crippen LogP contribution >= 0.6 is 0 Å². The number of rotatable bonds is 6. The van der Waals surface area contributed by atoms with Crippen molar-refractivity contribution in [2.24, 2.45) is 5.10 Å². The standard InChI is InChI=1S/C21H33N3O2/c1-14(2)24(15(3)4)19(25)13-16(5)22-23-20(26)17-9-11-18(12-10-17)21(6,7)8/h9-12,14-15H,13H2,1-8H3,(H,23,26)/b22-16+. The zero-order valence-corrected chi connectivity index (χ0v) is 17.4. The summed E-state index contributed by atoms with van der Waals surface area (Å²) in [5, 5.41) is 4.08. The Hall–Kier alpha value is -2.17. The molecule has 0 aliphatic carbocycles. The molecule has 26 heavy (non-hydrogen) atoms. The minimum absolute atomic E-state index is 0.0139. The van der Waals surface area contributed by atoms with E-state index < -0.39 is 0 Å². The van der Waals surface area contributed by atoms with Crippen LogP contribution in [0.2, 0.25) is 0 Å². The molecule has 0 saturated carbocycles. The van der Waals surface area contributed by atoms with Gasteiger partial charge in [0.15, 0.2) is 0 Å². The number of hydrogen-bond donors (Lipinski definition) is 1. The van der Waals surface area contributed by atoms with Gasteiger partial charge in [0.2, 0.25) is 5.91 Å². The molecular formula is C21H33N3O2. The van der Waals surface area contributed by atoms with Gasteiger partial charge >= 0.3 is 0 Å². The third-order valence-corrected chi connectivity index (χ3v) is 4.17. The number of benzene rings is 1. The van der Waals surface area contributed by atoms with Gasteiger partial charge in [0.25, 0.3) is 5.91 Å². The van der Waals surface area contributed by atoms with E-state index in [2.05, 4.69) is 31.3 Å².